The average molecular weight is 270 g/mol. The Morgan fingerprint density at radius 3 is 2.82 bits per heavy atom. The second-order valence-electron chi connectivity index (χ2n) is 3.44. The molecule has 7 heteroatoms. The molecule has 0 saturated heterocycles. The van der Waals surface area contributed by atoms with Crippen molar-refractivity contribution < 1.29 is 4.42 Å². The predicted molar refractivity (Wildman–Crippen MR) is 69.6 cm³/mol. The van der Waals surface area contributed by atoms with Gasteiger partial charge in [-0.1, -0.05) is 23.1 Å². The maximum atomic E-state index is 5.48. The number of rotatable bonds is 5. The Morgan fingerprint density at radius 1 is 1.35 bits per heavy atom. The van der Waals surface area contributed by atoms with E-state index < -0.39 is 0 Å². The first kappa shape index (κ1) is 12.4. The highest BCUT2D eigenvalue weighted by atomic mass is 32.2. The number of oxazole rings is 1. The van der Waals surface area contributed by atoms with E-state index in [-0.39, 0.29) is 0 Å². The summed E-state index contributed by atoms with van der Waals surface area (Å²) in [6.07, 6.45) is 0. The van der Waals surface area contributed by atoms with Crippen LogP contribution in [0.4, 0.5) is 5.13 Å². The van der Waals surface area contributed by atoms with Gasteiger partial charge in [0.25, 0.3) is 5.22 Å². The van der Waals surface area contributed by atoms with Crippen LogP contribution in [0.15, 0.2) is 9.64 Å². The lowest BCUT2D eigenvalue weighted by molar-refractivity contribution is 0.431. The molecule has 0 spiro atoms. The number of anilines is 1. The summed E-state index contributed by atoms with van der Waals surface area (Å²) in [7, 11) is 0. The molecular weight excluding hydrogens is 256 g/mol. The quantitative estimate of drug-likeness (QED) is 0.843. The Kier molecular flexibility index (Phi) is 4.01. The zero-order valence-electron chi connectivity index (χ0n) is 9.98. The zero-order valence-corrected chi connectivity index (χ0v) is 11.6. The highest BCUT2D eigenvalue weighted by Crippen LogP contribution is 2.26. The van der Waals surface area contributed by atoms with Crippen molar-refractivity contribution in [2.24, 2.45) is 0 Å². The molecule has 0 aliphatic carbocycles. The van der Waals surface area contributed by atoms with Gasteiger partial charge >= 0.3 is 0 Å². The predicted octanol–water partition coefficient (Wildman–Crippen LogP) is 2.87. The number of thioether (sulfide) groups is 1. The molecule has 0 atom stereocenters. The van der Waals surface area contributed by atoms with Crippen molar-refractivity contribution in [2.45, 2.75) is 31.7 Å². The van der Waals surface area contributed by atoms with Crippen molar-refractivity contribution in [2.75, 3.05) is 11.9 Å². The minimum atomic E-state index is 0.695. The van der Waals surface area contributed by atoms with Crippen LogP contribution in [-0.4, -0.2) is 21.7 Å². The summed E-state index contributed by atoms with van der Waals surface area (Å²) in [5, 5.41) is 13.8. The summed E-state index contributed by atoms with van der Waals surface area (Å²) >= 11 is 3.11. The van der Waals surface area contributed by atoms with Gasteiger partial charge in [0, 0.05) is 6.54 Å². The molecular formula is C10H14N4OS2. The van der Waals surface area contributed by atoms with Crippen molar-refractivity contribution in [1.29, 1.82) is 0 Å². The third-order valence-electron chi connectivity index (χ3n) is 2.12. The molecule has 0 fully saturated rings. The lowest BCUT2D eigenvalue weighted by Crippen LogP contribution is -1.94. The van der Waals surface area contributed by atoms with Crippen molar-refractivity contribution in [3.63, 3.8) is 0 Å². The van der Waals surface area contributed by atoms with Gasteiger partial charge in [-0.25, -0.2) is 4.98 Å². The van der Waals surface area contributed by atoms with Gasteiger partial charge < -0.3 is 9.73 Å². The van der Waals surface area contributed by atoms with Crippen LogP contribution in [-0.2, 0) is 5.75 Å². The normalized spacial score (nSPS) is 10.8. The first-order chi connectivity index (χ1) is 8.19. The molecule has 0 saturated carbocycles. The second-order valence-corrected chi connectivity index (χ2v) is 5.43. The van der Waals surface area contributed by atoms with Crippen LogP contribution in [0.25, 0.3) is 0 Å². The molecule has 2 aromatic rings. The van der Waals surface area contributed by atoms with Gasteiger partial charge in [-0.05, 0) is 20.8 Å². The zero-order chi connectivity index (χ0) is 12.3. The SMILES string of the molecule is CCNc1nnc(CSc2nc(C)c(C)o2)s1. The molecule has 0 aliphatic heterocycles. The summed E-state index contributed by atoms with van der Waals surface area (Å²) in [4.78, 5) is 4.31. The van der Waals surface area contributed by atoms with Gasteiger partial charge in [0.1, 0.15) is 10.8 Å². The van der Waals surface area contributed by atoms with E-state index in [1.54, 1.807) is 23.1 Å². The number of nitrogens with one attached hydrogen (secondary N) is 1. The van der Waals surface area contributed by atoms with Crippen LogP contribution in [0.5, 0.6) is 0 Å². The van der Waals surface area contributed by atoms with Crippen LogP contribution in [0, 0.1) is 13.8 Å². The molecule has 0 radical (unpaired) electrons. The van der Waals surface area contributed by atoms with E-state index in [0.717, 1.165) is 33.9 Å². The van der Waals surface area contributed by atoms with Gasteiger partial charge in [-0.3, -0.25) is 0 Å². The minimum absolute atomic E-state index is 0.695. The number of nitrogens with zero attached hydrogens (tertiary/aromatic N) is 3. The summed E-state index contributed by atoms with van der Waals surface area (Å²) < 4.78 is 5.48. The van der Waals surface area contributed by atoms with Crippen LogP contribution in [0.1, 0.15) is 23.4 Å². The van der Waals surface area contributed by atoms with E-state index in [9.17, 15) is 0 Å². The van der Waals surface area contributed by atoms with Crippen LogP contribution < -0.4 is 5.32 Å². The van der Waals surface area contributed by atoms with Crippen LogP contribution in [0.3, 0.4) is 0 Å². The standard InChI is InChI=1S/C10H14N4OS2/c1-4-11-9-14-13-8(17-9)5-16-10-12-6(2)7(3)15-10/h4-5H2,1-3H3,(H,11,14). The van der Waals surface area contributed by atoms with Crippen LogP contribution in [0.2, 0.25) is 0 Å². The van der Waals surface area contributed by atoms with Crippen molar-refractivity contribution in [3.8, 4) is 0 Å². The monoisotopic (exact) mass is 270 g/mol. The lowest BCUT2D eigenvalue weighted by Gasteiger charge is -1.92. The van der Waals surface area contributed by atoms with E-state index in [0.29, 0.717) is 5.22 Å². The maximum absolute atomic E-state index is 5.48. The van der Waals surface area contributed by atoms with Crippen molar-refractivity contribution >= 4 is 28.2 Å². The van der Waals surface area contributed by atoms with Gasteiger partial charge in [-0.2, -0.15) is 0 Å². The highest BCUT2D eigenvalue weighted by Gasteiger charge is 2.09. The Hall–Kier alpha value is -1.08. The number of hydrogen-bond acceptors (Lipinski definition) is 7. The van der Waals surface area contributed by atoms with E-state index >= 15 is 0 Å². The number of aryl methyl sites for hydroxylation is 2. The van der Waals surface area contributed by atoms with Gasteiger partial charge in [0.15, 0.2) is 0 Å². The molecule has 0 aliphatic rings. The van der Waals surface area contributed by atoms with Crippen molar-refractivity contribution in [3.05, 3.63) is 16.5 Å². The summed E-state index contributed by atoms with van der Waals surface area (Å²) in [5.41, 5.74) is 0.943. The molecule has 1 N–H and O–H groups in total. The summed E-state index contributed by atoms with van der Waals surface area (Å²) in [6, 6.07) is 0. The average Bonchev–Trinajstić information content (AvgIpc) is 2.85. The smallest absolute Gasteiger partial charge is 0.256 e. The molecule has 17 heavy (non-hydrogen) atoms. The van der Waals surface area contributed by atoms with E-state index in [2.05, 4.69) is 20.5 Å². The molecule has 0 unspecified atom stereocenters. The minimum Gasteiger partial charge on any atom is -0.437 e. The third kappa shape index (κ3) is 3.19. The van der Waals surface area contributed by atoms with Gasteiger partial charge in [-0.15, -0.1) is 10.2 Å². The lowest BCUT2D eigenvalue weighted by atomic mass is 10.4. The Bertz CT molecular complexity index is 475. The second kappa shape index (κ2) is 5.50. The molecule has 2 heterocycles. The first-order valence-electron chi connectivity index (χ1n) is 5.32. The fraction of sp³-hybridized carbons (Fsp3) is 0.500. The maximum Gasteiger partial charge on any atom is 0.256 e. The molecule has 2 rings (SSSR count). The van der Waals surface area contributed by atoms with E-state index in [1.807, 2.05) is 20.8 Å². The first-order valence-corrected chi connectivity index (χ1v) is 7.12. The molecule has 0 bridgehead atoms. The van der Waals surface area contributed by atoms with Crippen molar-refractivity contribution in [1.82, 2.24) is 15.2 Å². The fourth-order valence-electron chi connectivity index (χ4n) is 1.16. The van der Waals surface area contributed by atoms with Gasteiger partial charge in [0.2, 0.25) is 5.13 Å². The Labute approximate surface area is 108 Å². The molecule has 0 amide bonds. The van der Waals surface area contributed by atoms with E-state index in [1.165, 1.54) is 0 Å². The largest absolute Gasteiger partial charge is 0.437 e. The molecule has 92 valence electrons. The highest BCUT2D eigenvalue weighted by molar-refractivity contribution is 7.98. The van der Waals surface area contributed by atoms with E-state index in [4.69, 9.17) is 4.42 Å². The number of hydrogen-bond donors (Lipinski definition) is 1. The molecule has 5 nitrogen and oxygen atoms in total. The van der Waals surface area contributed by atoms with Crippen LogP contribution >= 0.6 is 23.1 Å². The summed E-state index contributed by atoms with van der Waals surface area (Å²) in [5.74, 6) is 1.61. The number of aromatic nitrogens is 3. The topological polar surface area (TPSA) is 63.8 Å². The fourth-order valence-corrected chi connectivity index (χ4v) is 2.87. The Morgan fingerprint density at radius 2 is 2.18 bits per heavy atom. The molecule has 2 aromatic heterocycles. The third-order valence-corrected chi connectivity index (χ3v) is 4.03. The molecule has 0 aromatic carbocycles. The summed E-state index contributed by atoms with van der Waals surface area (Å²) in [6.45, 7) is 6.76. The van der Waals surface area contributed by atoms with Gasteiger partial charge in [0.05, 0.1) is 11.4 Å². The Balaban J connectivity index is 1.92.